The maximum Gasteiger partial charge on any atom is 0.355 e. The Balaban J connectivity index is 1.97. The first kappa shape index (κ1) is 12.4. The molecule has 6 heteroatoms. The molecule has 17 heavy (non-hydrogen) atoms. The predicted molar refractivity (Wildman–Crippen MR) is 70.1 cm³/mol. The van der Waals surface area contributed by atoms with Gasteiger partial charge in [0, 0.05) is 15.3 Å². The average Bonchev–Trinajstić information content (AvgIpc) is 2.77. The van der Waals surface area contributed by atoms with E-state index in [0.29, 0.717) is 10.8 Å². The van der Waals surface area contributed by atoms with Crippen molar-refractivity contribution in [2.24, 2.45) is 0 Å². The van der Waals surface area contributed by atoms with Gasteiger partial charge in [-0.05, 0) is 24.3 Å². The zero-order valence-corrected chi connectivity index (χ0v) is 11.0. The number of carboxylic acids is 1. The first-order chi connectivity index (χ1) is 8.15. The van der Waals surface area contributed by atoms with E-state index >= 15 is 0 Å². The normalized spacial score (nSPS) is 10.4. The second-order valence-corrected chi connectivity index (χ2v) is 5.60. The molecule has 1 N–H and O–H groups in total. The van der Waals surface area contributed by atoms with Crippen LogP contribution < -0.4 is 0 Å². The molecule has 0 atom stereocenters. The monoisotopic (exact) mass is 285 g/mol. The molecule has 1 heterocycles. The summed E-state index contributed by atoms with van der Waals surface area (Å²) in [7, 11) is 0. The number of hydrogen-bond acceptors (Lipinski definition) is 4. The fourth-order valence-electron chi connectivity index (χ4n) is 1.15. The second-order valence-electron chi connectivity index (χ2n) is 3.17. The number of thioether (sulfide) groups is 1. The summed E-state index contributed by atoms with van der Waals surface area (Å²) >= 11 is 8.75. The molecule has 0 amide bonds. The van der Waals surface area contributed by atoms with Gasteiger partial charge in [-0.1, -0.05) is 11.6 Å². The molecule has 3 nitrogen and oxygen atoms in total. The molecule has 1 aromatic carbocycles. The van der Waals surface area contributed by atoms with Gasteiger partial charge in [0.15, 0.2) is 5.69 Å². The molecule has 0 spiro atoms. The van der Waals surface area contributed by atoms with E-state index in [1.54, 1.807) is 17.1 Å². The van der Waals surface area contributed by atoms with E-state index in [4.69, 9.17) is 16.7 Å². The summed E-state index contributed by atoms with van der Waals surface area (Å²) < 4.78 is 0. The summed E-state index contributed by atoms with van der Waals surface area (Å²) in [6.45, 7) is 0. The summed E-state index contributed by atoms with van der Waals surface area (Å²) in [5.74, 6) is -0.316. The number of thiazole rings is 1. The van der Waals surface area contributed by atoms with Gasteiger partial charge in [0.25, 0.3) is 0 Å². The Bertz CT molecular complexity index is 525. The van der Waals surface area contributed by atoms with Crippen LogP contribution in [0.4, 0.5) is 0 Å². The minimum atomic E-state index is -0.982. The lowest BCUT2D eigenvalue weighted by Gasteiger charge is -1.98. The van der Waals surface area contributed by atoms with Crippen molar-refractivity contribution in [1.82, 2.24) is 4.98 Å². The van der Waals surface area contributed by atoms with Crippen LogP contribution in [-0.2, 0) is 5.75 Å². The van der Waals surface area contributed by atoms with Crippen molar-refractivity contribution in [3.8, 4) is 0 Å². The minimum absolute atomic E-state index is 0.113. The van der Waals surface area contributed by atoms with Crippen molar-refractivity contribution in [2.75, 3.05) is 0 Å². The Kier molecular flexibility index (Phi) is 4.04. The largest absolute Gasteiger partial charge is 0.476 e. The molecule has 0 aliphatic heterocycles. The third-order valence-corrected chi connectivity index (χ3v) is 4.25. The number of aromatic carboxylic acids is 1. The van der Waals surface area contributed by atoms with Gasteiger partial charge in [-0.25, -0.2) is 9.78 Å². The quantitative estimate of drug-likeness (QED) is 0.869. The lowest BCUT2D eigenvalue weighted by Crippen LogP contribution is -1.96. The highest BCUT2D eigenvalue weighted by Gasteiger charge is 2.08. The van der Waals surface area contributed by atoms with E-state index in [9.17, 15) is 4.79 Å². The Morgan fingerprint density at radius 1 is 1.41 bits per heavy atom. The summed E-state index contributed by atoms with van der Waals surface area (Å²) in [5.41, 5.74) is 0.113. The van der Waals surface area contributed by atoms with Gasteiger partial charge in [-0.2, -0.15) is 0 Å². The van der Waals surface area contributed by atoms with Crippen molar-refractivity contribution < 1.29 is 9.90 Å². The molecular formula is C11H8ClNO2S2. The number of carboxylic acid groups (broad SMARTS) is 1. The fourth-order valence-corrected chi connectivity index (χ4v) is 2.96. The number of carbonyl (C=O) groups is 1. The second kappa shape index (κ2) is 5.53. The van der Waals surface area contributed by atoms with Crippen molar-refractivity contribution in [3.63, 3.8) is 0 Å². The van der Waals surface area contributed by atoms with E-state index in [1.807, 2.05) is 24.3 Å². The maximum absolute atomic E-state index is 10.6. The zero-order chi connectivity index (χ0) is 12.3. The highest BCUT2D eigenvalue weighted by atomic mass is 35.5. The van der Waals surface area contributed by atoms with E-state index in [2.05, 4.69) is 4.98 Å². The predicted octanol–water partition coefficient (Wildman–Crippen LogP) is 3.79. The van der Waals surface area contributed by atoms with Crippen LogP contribution >= 0.6 is 34.7 Å². The lowest BCUT2D eigenvalue weighted by molar-refractivity contribution is 0.0691. The van der Waals surface area contributed by atoms with E-state index in [0.717, 1.165) is 9.90 Å². The van der Waals surface area contributed by atoms with Crippen molar-refractivity contribution in [1.29, 1.82) is 0 Å². The van der Waals surface area contributed by atoms with E-state index < -0.39 is 5.97 Å². The number of benzene rings is 1. The highest BCUT2D eigenvalue weighted by Crippen LogP contribution is 2.25. The van der Waals surface area contributed by atoms with Gasteiger partial charge in [-0.3, -0.25) is 0 Å². The van der Waals surface area contributed by atoms with Gasteiger partial charge >= 0.3 is 5.97 Å². The van der Waals surface area contributed by atoms with Crippen LogP contribution in [-0.4, -0.2) is 16.1 Å². The summed E-state index contributed by atoms with van der Waals surface area (Å²) in [6, 6.07) is 7.51. The SMILES string of the molecule is O=C(O)c1csc(CSc2ccc(Cl)cc2)n1. The van der Waals surface area contributed by atoms with Crippen LogP contribution in [0.5, 0.6) is 0 Å². The molecule has 0 aliphatic rings. The number of rotatable bonds is 4. The lowest BCUT2D eigenvalue weighted by atomic mass is 10.4. The third-order valence-electron chi connectivity index (χ3n) is 1.95. The molecule has 0 fully saturated rings. The maximum atomic E-state index is 10.6. The van der Waals surface area contributed by atoms with Crippen LogP contribution in [0.15, 0.2) is 34.5 Å². The van der Waals surface area contributed by atoms with E-state index in [1.165, 1.54) is 11.3 Å². The van der Waals surface area contributed by atoms with Crippen molar-refractivity contribution in [3.05, 3.63) is 45.4 Å². The average molecular weight is 286 g/mol. The fraction of sp³-hybridized carbons (Fsp3) is 0.0909. The van der Waals surface area contributed by atoms with Gasteiger partial charge in [-0.15, -0.1) is 23.1 Å². The van der Waals surface area contributed by atoms with Gasteiger partial charge in [0.05, 0.1) is 5.75 Å². The molecule has 1 aromatic heterocycles. The minimum Gasteiger partial charge on any atom is -0.476 e. The number of halogens is 1. The Hall–Kier alpha value is -1.04. The molecule has 0 unspecified atom stereocenters. The molecule has 2 aromatic rings. The summed E-state index contributed by atoms with van der Waals surface area (Å²) in [6.07, 6.45) is 0. The molecule has 0 saturated heterocycles. The highest BCUT2D eigenvalue weighted by molar-refractivity contribution is 7.98. The third kappa shape index (κ3) is 3.46. The molecule has 0 radical (unpaired) electrons. The van der Waals surface area contributed by atoms with Crippen molar-refractivity contribution in [2.45, 2.75) is 10.6 Å². The van der Waals surface area contributed by atoms with Crippen LogP contribution in [0, 0.1) is 0 Å². The van der Waals surface area contributed by atoms with Gasteiger partial charge in [0.2, 0.25) is 0 Å². The van der Waals surface area contributed by atoms with Gasteiger partial charge in [0.1, 0.15) is 5.01 Å². The van der Waals surface area contributed by atoms with Gasteiger partial charge < -0.3 is 5.11 Å². The van der Waals surface area contributed by atoms with Crippen molar-refractivity contribution >= 4 is 40.7 Å². The Morgan fingerprint density at radius 2 is 2.12 bits per heavy atom. The number of aromatic nitrogens is 1. The summed E-state index contributed by atoms with van der Waals surface area (Å²) in [4.78, 5) is 15.7. The zero-order valence-electron chi connectivity index (χ0n) is 8.59. The Labute approximate surface area is 111 Å². The smallest absolute Gasteiger partial charge is 0.355 e. The molecule has 2 rings (SSSR count). The van der Waals surface area contributed by atoms with Crippen LogP contribution in [0.3, 0.4) is 0 Å². The first-order valence-corrected chi connectivity index (χ1v) is 6.95. The van der Waals surface area contributed by atoms with Crippen LogP contribution in [0.2, 0.25) is 5.02 Å². The van der Waals surface area contributed by atoms with Crippen LogP contribution in [0.25, 0.3) is 0 Å². The van der Waals surface area contributed by atoms with E-state index in [-0.39, 0.29) is 5.69 Å². The Morgan fingerprint density at radius 3 is 2.71 bits per heavy atom. The molecule has 0 aliphatic carbocycles. The molecule has 0 saturated carbocycles. The topological polar surface area (TPSA) is 50.2 Å². The number of nitrogens with zero attached hydrogens (tertiary/aromatic N) is 1. The standard InChI is InChI=1S/C11H8ClNO2S2/c12-7-1-3-8(4-2-7)16-6-10-13-9(5-17-10)11(14)15/h1-5H,6H2,(H,14,15). The molecule has 0 bridgehead atoms. The molecule has 88 valence electrons. The summed E-state index contributed by atoms with van der Waals surface area (Å²) in [5, 5.41) is 11.8. The molecular weight excluding hydrogens is 278 g/mol. The number of hydrogen-bond donors (Lipinski definition) is 1. The first-order valence-electron chi connectivity index (χ1n) is 4.71. The van der Waals surface area contributed by atoms with Crippen LogP contribution in [0.1, 0.15) is 15.5 Å².